The first-order chi connectivity index (χ1) is 13.3. The first kappa shape index (κ1) is 21.2. The van der Waals surface area contributed by atoms with Gasteiger partial charge in [0.25, 0.3) is 0 Å². The monoisotopic (exact) mass is 411 g/mol. The SMILES string of the molecule is COC(=O)c1sc(N)c(C(=O)OC)c1COC(=O)Cc1ccc(OC)c(F)c1. The smallest absolute Gasteiger partial charge is 0.348 e. The lowest BCUT2D eigenvalue weighted by molar-refractivity contribution is -0.144. The Balaban J connectivity index is 2.18. The molecule has 0 aliphatic heterocycles. The topological polar surface area (TPSA) is 114 Å². The second-order valence-electron chi connectivity index (χ2n) is 5.44. The van der Waals surface area contributed by atoms with Gasteiger partial charge in [-0.2, -0.15) is 0 Å². The number of nitrogen functional groups attached to an aromatic ring is 1. The van der Waals surface area contributed by atoms with Crippen molar-refractivity contribution in [3.05, 3.63) is 45.6 Å². The van der Waals surface area contributed by atoms with E-state index in [4.69, 9.17) is 15.2 Å². The summed E-state index contributed by atoms with van der Waals surface area (Å²) in [5, 5.41) is 0.0375. The molecule has 0 fully saturated rings. The second-order valence-corrected chi connectivity index (χ2v) is 6.49. The van der Waals surface area contributed by atoms with Gasteiger partial charge in [0.2, 0.25) is 0 Å². The van der Waals surface area contributed by atoms with Crippen LogP contribution in [0.5, 0.6) is 5.75 Å². The molecule has 2 aromatic rings. The van der Waals surface area contributed by atoms with E-state index in [1.54, 1.807) is 0 Å². The van der Waals surface area contributed by atoms with Crippen LogP contribution in [0.1, 0.15) is 31.2 Å². The van der Waals surface area contributed by atoms with E-state index in [0.29, 0.717) is 5.56 Å². The molecule has 0 aliphatic carbocycles. The van der Waals surface area contributed by atoms with Crippen LogP contribution in [0.2, 0.25) is 0 Å². The number of anilines is 1. The molecule has 0 amide bonds. The van der Waals surface area contributed by atoms with Crippen molar-refractivity contribution in [1.82, 2.24) is 0 Å². The van der Waals surface area contributed by atoms with Gasteiger partial charge in [-0.3, -0.25) is 4.79 Å². The molecule has 2 N–H and O–H groups in total. The molecule has 150 valence electrons. The molecule has 28 heavy (non-hydrogen) atoms. The van der Waals surface area contributed by atoms with Crippen LogP contribution < -0.4 is 10.5 Å². The molecule has 2 rings (SSSR count). The summed E-state index contributed by atoms with van der Waals surface area (Å²) in [5.74, 6) is -2.75. The Morgan fingerprint density at radius 3 is 2.36 bits per heavy atom. The second kappa shape index (κ2) is 9.18. The van der Waals surface area contributed by atoms with Gasteiger partial charge < -0.3 is 24.7 Å². The lowest BCUT2D eigenvalue weighted by atomic mass is 10.1. The molecule has 8 nitrogen and oxygen atoms in total. The van der Waals surface area contributed by atoms with Crippen molar-refractivity contribution < 1.29 is 37.7 Å². The zero-order valence-corrected chi connectivity index (χ0v) is 16.2. The number of benzene rings is 1. The highest BCUT2D eigenvalue weighted by molar-refractivity contribution is 7.18. The number of methoxy groups -OCH3 is 3. The Bertz CT molecular complexity index is 910. The standard InChI is InChI=1S/C18H18FNO7S/c1-24-12-5-4-9(6-11(12)19)7-13(21)27-8-10-14(17(22)25-2)16(20)28-15(10)18(23)26-3/h4-6H,7-8,20H2,1-3H3. The van der Waals surface area contributed by atoms with Crippen molar-refractivity contribution in [2.45, 2.75) is 13.0 Å². The van der Waals surface area contributed by atoms with Crippen molar-refractivity contribution in [3.8, 4) is 5.75 Å². The van der Waals surface area contributed by atoms with Crippen LogP contribution in [0.3, 0.4) is 0 Å². The molecule has 1 heterocycles. The maximum Gasteiger partial charge on any atom is 0.348 e. The minimum Gasteiger partial charge on any atom is -0.494 e. The fourth-order valence-electron chi connectivity index (χ4n) is 2.40. The largest absolute Gasteiger partial charge is 0.494 e. The van der Waals surface area contributed by atoms with E-state index in [9.17, 15) is 18.8 Å². The highest BCUT2D eigenvalue weighted by atomic mass is 32.1. The summed E-state index contributed by atoms with van der Waals surface area (Å²) >= 11 is 0.827. The molecule has 1 aromatic carbocycles. The molecule has 0 spiro atoms. The van der Waals surface area contributed by atoms with Gasteiger partial charge in [0.05, 0.1) is 27.8 Å². The Hall–Kier alpha value is -3.14. The highest BCUT2D eigenvalue weighted by Gasteiger charge is 2.28. The first-order valence-corrected chi connectivity index (χ1v) is 8.69. The number of thiophene rings is 1. The summed E-state index contributed by atoms with van der Waals surface area (Å²) in [4.78, 5) is 36.1. The van der Waals surface area contributed by atoms with Gasteiger partial charge in [-0.05, 0) is 17.7 Å². The number of hydrogen-bond donors (Lipinski definition) is 1. The zero-order valence-electron chi connectivity index (χ0n) is 15.4. The molecule has 0 saturated heterocycles. The fraction of sp³-hybridized carbons (Fsp3) is 0.278. The third kappa shape index (κ3) is 4.58. The molecule has 1 aromatic heterocycles. The van der Waals surface area contributed by atoms with Crippen molar-refractivity contribution in [2.75, 3.05) is 27.1 Å². The molecule has 0 radical (unpaired) electrons. The summed E-state index contributed by atoms with van der Waals surface area (Å²) in [6.45, 7) is -0.403. The quantitative estimate of drug-likeness (QED) is 0.545. The lowest BCUT2D eigenvalue weighted by Gasteiger charge is -2.09. The van der Waals surface area contributed by atoms with E-state index in [1.807, 2.05) is 0 Å². The molecule has 10 heteroatoms. The summed E-state index contributed by atoms with van der Waals surface area (Å²) in [6, 6.07) is 4.07. The number of rotatable bonds is 7. The van der Waals surface area contributed by atoms with Crippen LogP contribution in [0.25, 0.3) is 0 Å². The summed E-state index contributed by atoms with van der Waals surface area (Å²) < 4.78 is 33.0. The number of hydrogen-bond acceptors (Lipinski definition) is 9. The van der Waals surface area contributed by atoms with E-state index in [1.165, 1.54) is 26.4 Å². The van der Waals surface area contributed by atoms with Gasteiger partial charge in [-0.25, -0.2) is 14.0 Å². The number of nitrogens with two attached hydrogens (primary N) is 1. The maximum atomic E-state index is 13.7. The number of carbonyl (C=O) groups is 3. The number of esters is 3. The van der Waals surface area contributed by atoms with Crippen LogP contribution in [-0.2, 0) is 32.0 Å². The predicted octanol–water partition coefficient (Wildman–Crippen LogP) is 2.34. The van der Waals surface area contributed by atoms with Crippen molar-refractivity contribution in [3.63, 3.8) is 0 Å². The van der Waals surface area contributed by atoms with Crippen LogP contribution >= 0.6 is 11.3 Å². The van der Waals surface area contributed by atoms with Crippen LogP contribution in [0, 0.1) is 5.82 Å². The Kier molecular flexibility index (Phi) is 6.94. The summed E-state index contributed by atoms with van der Waals surface area (Å²) in [7, 11) is 3.66. The first-order valence-electron chi connectivity index (χ1n) is 7.88. The fourth-order valence-corrected chi connectivity index (χ4v) is 3.38. The lowest BCUT2D eigenvalue weighted by Crippen LogP contribution is -2.13. The average Bonchev–Trinajstić information content (AvgIpc) is 3.01. The Morgan fingerprint density at radius 1 is 1.11 bits per heavy atom. The van der Waals surface area contributed by atoms with Gasteiger partial charge in [0.15, 0.2) is 11.6 Å². The summed E-state index contributed by atoms with van der Waals surface area (Å²) in [5.41, 5.74) is 6.20. The molecule has 0 aliphatic rings. The predicted molar refractivity (Wildman–Crippen MR) is 97.9 cm³/mol. The number of ether oxygens (including phenoxy) is 4. The van der Waals surface area contributed by atoms with E-state index in [0.717, 1.165) is 24.5 Å². The molecule has 0 unspecified atom stereocenters. The third-order valence-corrected chi connectivity index (χ3v) is 4.78. The molecular weight excluding hydrogens is 393 g/mol. The summed E-state index contributed by atoms with van der Waals surface area (Å²) in [6.07, 6.45) is -0.221. The molecule has 0 bridgehead atoms. The molecule has 0 saturated carbocycles. The number of carbonyl (C=O) groups excluding carboxylic acids is 3. The van der Waals surface area contributed by atoms with Crippen molar-refractivity contribution in [2.24, 2.45) is 0 Å². The van der Waals surface area contributed by atoms with Gasteiger partial charge in [-0.15, -0.1) is 11.3 Å². The van der Waals surface area contributed by atoms with Crippen molar-refractivity contribution >= 4 is 34.2 Å². The highest BCUT2D eigenvalue weighted by Crippen LogP contribution is 2.33. The maximum absolute atomic E-state index is 13.7. The van der Waals surface area contributed by atoms with Gasteiger partial charge in [0, 0.05) is 5.56 Å². The minimum absolute atomic E-state index is 0.0312. The van der Waals surface area contributed by atoms with Gasteiger partial charge >= 0.3 is 17.9 Å². The van der Waals surface area contributed by atoms with Crippen LogP contribution in [0.4, 0.5) is 9.39 Å². The Labute approximate surface area is 163 Å². The van der Waals surface area contributed by atoms with Crippen LogP contribution in [0.15, 0.2) is 18.2 Å². The molecular formula is C18H18FNO7S. The van der Waals surface area contributed by atoms with Crippen LogP contribution in [-0.4, -0.2) is 39.2 Å². The molecule has 0 atom stereocenters. The minimum atomic E-state index is -0.771. The van der Waals surface area contributed by atoms with Gasteiger partial charge in [0.1, 0.15) is 22.0 Å². The normalized spacial score (nSPS) is 10.3. The Morgan fingerprint density at radius 2 is 1.79 bits per heavy atom. The van der Waals surface area contributed by atoms with E-state index in [2.05, 4.69) is 9.47 Å². The number of halogens is 1. The van der Waals surface area contributed by atoms with Gasteiger partial charge in [-0.1, -0.05) is 6.07 Å². The third-order valence-electron chi connectivity index (χ3n) is 3.74. The van der Waals surface area contributed by atoms with E-state index >= 15 is 0 Å². The average molecular weight is 411 g/mol. The van der Waals surface area contributed by atoms with E-state index < -0.39 is 30.3 Å². The van der Waals surface area contributed by atoms with Crippen molar-refractivity contribution in [1.29, 1.82) is 0 Å². The zero-order chi connectivity index (χ0) is 20.8. The van der Waals surface area contributed by atoms with E-state index in [-0.39, 0.29) is 33.2 Å².